The van der Waals surface area contributed by atoms with Gasteiger partial charge in [-0.25, -0.2) is 0 Å². The molecule has 2 N–H and O–H groups in total. The summed E-state index contributed by atoms with van der Waals surface area (Å²) in [5.74, 6) is 0.509. The highest BCUT2D eigenvalue weighted by molar-refractivity contribution is 5.22. The summed E-state index contributed by atoms with van der Waals surface area (Å²) in [7, 11) is 2.17. The number of likely N-dealkylation sites (tertiary alicyclic amines) is 1. The third-order valence-corrected chi connectivity index (χ3v) is 3.10. The van der Waals surface area contributed by atoms with Gasteiger partial charge in [0.1, 0.15) is 0 Å². The lowest BCUT2D eigenvalue weighted by Crippen LogP contribution is -2.43. The van der Waals surface area contributed by atoms with E-state index in [9.17, 15) is 0 Å². The number of rotatable bonds is 1. The summed E-state index contributed by atoms with van der Waals surface area (Å²) in [6, 6.07) is 10.9. The van der Waals surface area contributed by atoms with Crippen LogP contribution in [0.25, 0.3) is 0 Å². The average molecular weight is 190 g/mol. The number of benzene rings is 1. The number of piperidine rings is 1. The zero-order valence-corrected chi connectivity index (χ0v) is 8.69. The second kappa shape index (κ2) is 4.11. The molecule has 1 heterocycles. The van der Waals surface area contributed by atoms with Crippen LogP contribution >= 0.6 is 0 Å². The highest BCUT2D eigenvalue weighted by atomic mass is 15.1. The van der Waals surface area contributed by atoms with Crippen LogP contribution in [0.15, 0.2) is 30.3 Å². The molecule has 0 aromatic heterocycles. The number of hydrogen-bond acceptors (Lipinski definition) is 2. The lowest BCUT2D eigenvalue weighted by atomic mass is 9.87. The molecule has 1 aliphatic heterocycles. The Hall–Kier alpha value is -0.860. The molecule has 0 aliphatic carbocycles. The monoisotopic (exact) mass is 190 g/mol. The molecule has 0 spiro atoms. The first-order valence-corrected chi connectivity index (χ1v) is 5.26. The maximum Gasteiger partial charge on any atom is 0.0132 e. The highest BCUT2D eigenvalue weighted by Crippen LogP contribution is 2.24. The first-order valence-electron chi connectivity index (χ1n) is 5.26. The molecular weight excluding hydrogens is 172 g/mol. The fourth-order valence-corrected chi connectivity index (χ4v) is 2.19. The van der Waals surface area contributed by atoms with Crippen molar-refractivity contribution in [2.24, 2.45) is 5.73 Å². The lowest BCUT2D eigenvalue weighted by Gasteiger charge is -2.35. The Balaban J connectivity index is 2.16. The van der Waals surface area contributed by atoms with Crippen LogP contribution in [0.3, 0.4) is 0 Å². The summed E-state index contributed by atoms with van der Waals surface area (Å²) in [6.07, 6.45) is 1.11. The molecular formula is C12H18N2. The van der Waals surface area contributed by atoms with Gasteiger partial charge in [0.15, 0.2) is 0 Å². The largest absolute Gasteiger partial charge is 0.327 e. The first-order chi connectivity index (χ1) is 6.77. The van der Waals surface area contributed by atoms with Gasteiger partial charge in [-0.3, -0.25) is 0 Å². The van der Waals surface area contributed by atoms with Crippen molar-refractivity contribution in [3.05, 3.63) is 35.9 Å². The van der Waals surface area contributed by atoms with Gasteiger partial charge >= 0.3 is 0 Å². The average Bonchev–Trinajstić information content (AvgIpc) is 2.23. The van der Waals surface area contributed by atoms with E-state index in [1.807, 2.05) is 0 Å². The quantitative estimate of drug-likeness (QED) is 0.726. The molecule has 1 aliphatic rings. The molecule has 2 nitrogen and oxygen atoms in total. The molecule has 0 amide bonds. The molecule has 0 radical (unpaired) electrons. The van der Waals surface area contributed by atoms with Crippen LogP contribution in [0.2, 0.25) is 0 Å². The van der Waals surface area contributed by atoms with Gasteiger partial charge < -0.3 is 10.6 Å². The van der Waals surface area contributed by atoms with Crippen LogP contribution in [0, 0.1) is 0 Å². The fourth-order valence-electron chi connectivity index (χ4n) is 2.19. The first kappa shape index (κ1) is 9.69. The molecule has 0 saturated carbocycles. The van der Waals surface area contributed by atoms with Gasteiger partial charge in [0.25, 0.3) is 0 Å². The van der Waals surface area contributed by atoms with Crippen LogP contribution in [0.5, 0.6) is 0 Å². The standard InChI is InChI=1S/C12H18N2/c1-14-8-7-12(13)11(9-14)10-5-3-2-4-6-10/h2-6,11-12H,7-9,13H2,1H3/t11-,12+/m0/s1. The fraction of sp³-hybridized carbons (Fsp3) is 0.500. The van der Waals surface area contributed by atoms with Crippen molar-refractivity contribution >= 4 is 0 Å². The minimum absolute atomic E-state index is 0.327. The number of likely N-dealkylation sites (N-methyl/N-ethyl adjacent to an activating group) is 1. The van der Waals surface area contributed by atoms with E-state index in [1.54, 1.807) is 0 Å². The molecule has 0 bridgehead atoms. The Kier molecular flexibility index (Phi) is 2.85. The van der Waals surface area contributed by atoms with E-state index in [-0.39, 0.29) is 0 Å². The van der Waals surface area contributed by atoms with E-state index < -0.39 is 0 Å². The van der Waals surface area contributed by atoms with E-state index in [1.165, 1.54) is 5.56 Å². The Bertz CT molecular complexity index is 284. The van der Waals surface area contributed by atoms with Crippen molar-refractivity contribution in [1.29, 1.82) is 0 Å². The summed E-state index contributed by atoms with van der Waals surface area (Å²) in [5.41, 5.74) is 7.53. The van der Waals surface area contributed by atoms with Crippen LogP contribution in [-0.4, -0.2) is 31.1 Å². The summed E-state index contributed by atoms with van der Waals surface area (Å²) >= 11 is 0. The molecule has 0 unspecified atom stereocenters. The Morgan fingerprint density at radius 1 is 1.29 bits per heavy atom. The van der Waals surface area contributed by atoms with E-state index >= 15 is 0 Å². The number of hydrogen-bond donors (Lipinski definition) is 1. The third kappa shape index (κ3) is 1.97. The maximum absolute atomic E-state index is 6.15. The Labute approximate surface area is 85.7 Å². The van der Waals surface area contributed by atoms with Gasteiger partial charge in [-0.1, -0.05) is 30.3 Å². The molecule has 1 aromatic carbocycles. The van der Waals surface area contributed by atoms with Gasteiger partial charge in [-0.15, -0.1) is 0 Å². The van der Waals surface area contributed by atoms with Gasteiger partial charge in [0, 0.05) is 18.5 Å². The maximum atomic E-state index is 6.15. The van der Waals surface area contributed by atoms with Crippen LogP contribution < -0.4 is 5.73 Å². The minimum atomic E-state index is 0.327. The number of nitrogens with two attached hydrogens (primary N) is 1. The highest BCUT2D eigenvalue weighted by Gasteiger charge is 2.25. The zero-order valence-electron chi connectivity index (χ0n) is 8.69. The summed E-state index contributed by atoms with van der Waals surface area (Å²) in [6.45, 7) is 2.22. The van der Waals surface area contributed by atoms with Crippen molar-refractivity contribution in [3.63, 3.8) is 0 Å². The second-order valence-corrected chi connectivity index (χ2v) is 4.23. The minimum Gasteiger partial charge on any atom is -0.327 e. The summed E-state index contributed by atoms with van der Waals surface area (Å²) in [4.78, 5) is 2.36. The van der Waals surface area contributed by atoms with Gasteiger partial charge in [0.2, 0.25) is 0 Å². The van der Waals surface area contributed by atoms with Crippen molar-refractivity contribution in [1.82, 2.24) is 4.90 Å². The van der Waals surface area contributed by atoms with Gasteiger partial charge in [-0.2, -0.15) is 0 Å². The van der Waals surface area contributed by atoms with E-state index in [0.29, 0.717) is 12.0 Å². The van der Waals surface area contributed by atoms with Crippen molar-refractivity contribution in [2.75, 3.05) is 20.1 Å². The normalized spacial score (nSPS) is 29.0. The van der Waals surface area contributed by atoms with E-state index in [4.69, 9.17) is 5.73 Å². The molecule has 1 fully saturated rings. The predicted octanol–water partition coefficient (Wildman–Crippen LogP) is 1.43. The second-order valence-electron chi connectivity index (χ2n) is 4.23. The molecule has 2 heteroatoms. The molecule has 1 aromatic rings. The van der Waals surface area contributed by atoms with Crippen LogP contribution in [0.4, 0.5) is 0 Å². The smallest absolute Gasteiger partial charge is 0.0132 e. The Morgan fingerprint density at radius 3 is 2.71 bits per heavy atom. The molecule has 1 saturated heterocycles. The van der Waals surface area contributed by atoms with Crippen LogP contribution in [0.1, 0.15) is 17.9 Å². The third-order valence-electron chi connectivity index (χ3n) is 3.10. The molecule has 76 valence electrons. The van der Waals surface area contributed by atoms with E-state index in [0.717, 1.165) is 19.5 Å². The Morgan fingerprint density at radius 2 is 2.00 bits per heavy atom. The van der Waals surface area contributed by atoms with Crippen LogP contribution in [-0.2, 0) is 0 Å². The van der Waals surface area contributed by atoms with Gasteiger partial charge in [-0.05, 0) is 25.6 Å². The van der Waals surface area contributed by atoms with Crippen molar-refractivity contribution in [2.45, 2.75) is 18.4 Å². The topological polar surface area (TPSA) is 29.3 Å². The zero-order chi connectivity index (χ0) is 9.97. The van der Waals surface area contributed by atoms with E-state index in [2.05, 4.69) is 42.3 Å². The molecule has 2 rings (SSSR count). The van der Waals surface area contributed by atoms with Crippen molar-refractivity contribution in [3.8, 4) is 0 Å². The predicted molar refractivity (Wildman–Crippen MR) is 59.3 cm³/mol. The summed E-state index contributed by atoms with van der Waals surface area (Å²) in [5, 5.41) is 0. The van der Waals surface area contributed by atoms with Crippen molar-refractivity contribution < 1.29 is 0 Å². The molecule has 14 heavy (non-hydrogen) atoms. The lowest BCUT2D eigenvalue weighted by molar-refractivity contribution is 0.228. The summed E-state index contributed by atoms with van der Waals surface area (Å²) < 4.78 is 0. The van der Waals surface area contributed by atoms with Gasteiger partial charge in [0.05, 0.1) is 0 Å². The number of nitrogens with zero attached hydrogens (tertiary/aromatic N) is 1. The SMILES string of the molecule is CN1CC[C@@H](N)[C@H](c2ccccc2)C1. The molecule has 2 atom stereocenters.